The van der Waals surface area contributed by atoms with E-state index in [1.807, 2.05) is 6.92 Å². The molecule has 0 spiro atoms. The van der Waals surface area contributed by atoms with Crippen LogP contribution in [-0.4, -0.2) is 18.6 Å². The zero-order chi connectivity index (χ0) is 11.8. The van der Waals surface area contributed by atoms with Crippen LogP contribution in [-0.2, 0) is 10.0 Å². The fourth-order valence-electron chi connectivity index (χ4n) is 0.947. The Morgan fingerprint density at radius 3 is 2.75 bits per heavy atom. The second-order valence-electron chi connectivity index (χ2n) is 2.87. The van der Waals surface area contributed by atoms with Crippen molar-refractivity contribution in [1.29, 1.82) is 0 Å². The maximum atomic E-state index is 11.9. The van der Waals surface area contributed by atoms with Gasteiger partial charge in [-0.05, 0) is 34.5 Å². The highest BCUT2D eigenvalue weighted by atomic mass is 79.9. The normalized spacial score (nSPS) is 11.6. The Morgan fingerprint density at radius 1 is 1.50 bits per heavy atom. The van der Waals surface area contributed by atoms with E-state index in [-0.39, 0.29) is 9.34 Å². The molecule has 86 valence electrons. The van der Waals surface area contributed by atoms with Crippen molar-refractivity contribution in [3.8, 4) is 0 Å². The van der Waals surface area contributed by atoms with Gasteiger partial charge in [-0.15, -0.1) is 21.5 Å². The van der Waals surface area contributed by atoms with Gasteiger partial charge in [0.05, 0.1) is 3.79 Å². The van der Waals surface area contributed by atoms with Gasteiger partial charge in [0.2, 0.25) is 5.13 Å². The van der Waals surface area contributed by atoms with Gasteiger partial charge in [0, 0.05) is 0 Å². The molecule has 0 amide bonds. The lowest BCUT2D eigenvalue weighted by Crippen LogP contribution is -2.11. The molecule has 0 aliphatic heterocycles. The van der Waals surface area contributed by atoms with Crippen molar-refractivity contribution in [3.63, 3.8) is 0 Å². The number of nitrogens with one attached hydrogen (secondary N) is 1. The summed E-state index contributed by atoms with van der Waals surface area (Å²) in [6.07, 6.45) is 0. The van der Waals surface area contributed by atoms with Crippen LogP contribution in [0, 0.1) is 6.92 Å². The first-order valence-electron chi connectivity index (χ1n) is 4.04. The summed E-state index contributed by atoms with van der Waals surface area (Å²) in [5.41, 5.74) is 2.36. The zero-order valence-electron chi connectivity index (χ0n) is 7.97. The number of sulfonamides is 1. The standard InChI is InChI=1S/C7H6BrN3O2S3/c1-4-2-5(15-6(4)8)16(12,13)11-7-10-9-3-14-7/h2-3H,1H3,(H,10,11). The second kappa shape index (κ2) is 4.40. The molecule has 1 N–H and O–H groups in total. The van der Waals surface area contributed by atoms with Crippen molar-refractivity contribution in [2.45, 2.75) is 11.1 Å². The van der Waals surface area contributed by atoms with Gasteiger partial charge >= 0.3 is 0 Å². The van der Waals surface area contributed by atoms with Gasteiger partial charge in [-0.25, -0.2) is 8.42 Å². The summed E-state index contributed by atoms with van der Waals surface area (Å²) in [5.74, 6) is 0. The molecule has 0 saturated carbocycles. The Balaban J connectivity index is 2.32. The summed E-state index contributed by atoms with van der Waals surface area (Å²) in [5, 5.41) is 7.45. The van der Waals surface area contributed by atoms with Gasteiger partial charge in [-0.2, -0.15) is 0 Å². The first-order chi connectivity index (χ1) is 7.49. The van der Waals surface area contributed by atoms with Gasteiger partial charge in [-0.1, -0.05) is 11.3 Å². The Hall–Kier alpha value is -0.510. The van der Waals surface area contributed by atoms with Crippen molar-refractivity contribution in [3.05, 3.63) is 20.9 Å². The molecule has 0 aromatic carbocycles. The molecule has 0 fully saturated rings. The maximum Gasteiger partial charge on any atom is 0.273 e. The SMILES string of the molecule is Cc1cc(S(=O)(=O)Nc2nncs2)sc1Br. The summed E-state index contributed by atoms with van der Waals surface area (Å²) in [6, 6.07) is 1.61. The molecule has 2 aromatic heterocycles. The molecule has 0 atom stereocenters. The van der Waals surface area contributed by atoms with Crippen LogP contribution in [0.25, 0.3) is 0 Å². The number of halogens is 1. The van der Waals surface area contributed by atoms with E-state index in [0.29, 0.717) is 0 Å². The van der Waals surface area contributed by atoms with Gasteiger partial charge < -0.3 is 0 Å². The number of anilines is 1. The summed E-state index contributed by atoms with van der Waals surface area (Å²) in [6.45, 7) is 1.84. The van der Waals surface area contributed by atoms with E-state index in [0.717, 1.165) is 20.7 Å². The third-order valence-corrected chi connectivity index (χ3v) is 6.37. The number of thiophene rings is 1. The Morgan fingerprint density at radius 2 is 2.25 bits per heavy atom. The number of hydrogen-bond donors (Lipinski definition) is 1. The predicted octanol–water partition coefficient (Wildman–Crippen LogP) is 2.47. The van der Waals surface area contributed by atoms with Gasteiger partial charge in [0.1, 0.15) is 9.72 Å². The van der Waals surface area contributed by atoms with E-state index in [2.05, 4.69) is 30.8 Å². The van der Waals surface area contributed by atoms with Crippen LogP contribution < -0.4 is 4.72 Å². The first-order valence-corrected chi connectivity index (χ1v) is 8.01. The van der Waals surface area contributed by atoms with Gasteiger partial charge in [0.25, 0.3) is 10.0 Å². The van der Waals surface area contributed by atoms with Crippen molar-refractivity contribution in [2.24, 2.45) is 0 Å². The number of rotatable bonds is 3. The molecule has 16 heavy (non-hydrogen) atoms. The molecule has 0 aliphatic rings. The largest absolute Gasteiger partial charge is 0.273 e. The molecule has 0 aliphatic carbocycles. The summed E-state index contributed by atoms with van der Waals surface area (Å²) in [7, 11) is -3.54. The van der Waals surface area contributed by atoms with E-state index in [1.165, 1.54) is 16.8 Å². The lowest BCUT2D eigenvalue weighted by atomic mass is 10.4. The van der Waals surface area contributed by atoms with E-state index in [9.17, 15) is 8.42 Å². The fraction of sp³-hybridized carbons (Fsp3) is 0.143. The van der Waals surface area contributed by atoms with Crippen LogP contribution in [0.1, 0.15) is 5.56 Å². The smallest absolute Gasteiger partial charge is 0.253 e. The van der Waals surface area contributed by atoms with Crippen molar-refractivity contribution in [1.82, 2.24) is 10.2 Å². The quantitative estimate of drug-likeness (QED) is 0.932. The Bertz CT molecular complexity index is 571. The number of hydrogen-bond acceptors (Lipinski definition) is 6. The van der Waals surface area contributed by atoms with Crippen molar-refractivity contribution < 1.29 is 8.42 Å². The van der Waals surface area contributed by atoms with Crippen LogP contribution in [0.5, 0.6) is 0 Å². The van der Waals surface area contributed by atoms with E-state index in [1.54, 1.807) is 6.07 Å². The van der Waals surface area contributed by atoms with Gasteiger partial charge in [0.15, 0.2) is 0 Å². The van der Waals surface area contributed by atoms with Crippen molar-refractivity contribution >= 4 is 53.8 Å². The minimum atomic E-state index is -3.54. The van der Waals surface area contributed by atoms with Crippen molar-refractivity contribution in [2.75, 3.05) is 4.72 Å². The molecule has 2 rings (SSSR count). The number of aromatic nitrogens is 2. The van der Waals surface area contributed by atoms with Gasteiger partial charge in [-0.3, -0.25) is 4.72 Å². The molecular formula is C7H6BrN3O2S3. The molecule has 0 unspecified atom stereocenters. The van der Waals surface area contributed by atoms with E-state index in [4.69, 9.17) is 0 Å². The number of nitrogens with zero attached hydrogens (tertiary/aromatic N) is 2. The molecule has 0 saturated heterocycles. The molecule has 2 aromatic rings. The van der Waals surface area contributed by atoms with Crippen LogP contribution >= 0.6 is 38.6 Å². The maximum absolute atomic E-state index is 11.9. The minimum Gasteiger partial charge on any atom is -0.253 e. The summed E-state index contributed by atoms with van der Waals surface area (Å²) < 4.78 is 27.2. The molecule has 0 radical (unpaired) electrons. The predicted molar refractivity (Wildman–Crippen MR) is 67.5 cm³/mol. The topological polar surface area (TPSA) is 72.0 Å². The van der Waals surface area contributed by atoms with Crippen LogP contribution in [0.3, 0.4) is 0 Å². The molecule has 5 nitrogen and oxygen atoms in total. The van der Waals surface area contributed by atoms with Crippen LogP contribution in [0.2, 0.25) is 0 Å². The lowest BCUT2D eigenvalue weighted by molar-refractivity contribution is 0.603. The molecule has 2 heterocycles. The highest BCUT2D eigenvalue weighted by Crippen LogP contribution is 2.31. The summed E-state index contributed by atoms with van der Waals surface area (Å²) >= 11 is 5.59. The lowest BCUT2D eigenvalue weighted by Gasteiger charge is -2.00. The molecule has 9 heteroatoms. The highest BCUT2D eigenvalue weighted by Gasteiger charge is 2.19. The number of aryl methyl sites for hydroxylation is 1. The van der Waals surface area contributed by atoms with Crippen LogP contribution in [0.4, 0.5) is 5.13 Å². The Labute approximate surface area is 109 Å². The summed E-state index contributed by atoms with van der Waals surface area (Å²) in [4.78, 5) is 0. The van der Waals surface area contributed by atoms with Crippen LogP contribution in [0.15, 0.2) is 19.6 Å². The highest BCUT2D eigenvalue weighted by molar-refractivity contribution is 9.11. The zero-order valence-corrected chi connectivity index (χ0v) is 12.0. The third kappa shape index (κ3) is 2.42. The average molecular weight is 340 g/mol. The molecular weight excluding hydrogens is 334 g/mol. The molecule has 0 bridgehead atoms. The fourth-order valence-corrected chi connectivity index (χ4v) is 4.87. The first kappa shape index (κ1) is 12.0. The minimum absolute atomic E-state index is 0.257. The van der Waals surface area contributed by atoms with E-state index < -0.39 is 10.0 Å². The average Bonchev–Trinajstić information content (AvgIpc) is 2.78. The Kier molecular flexibility index (Phi) is 3.29. The third-order valence-electron chi connectivity index (χ3n) is 1.68. The monoisotopic (exact) mass is 339 g/mol. The van der Waals surface area contributed by atoms with E-state index >= 15 is 0 Å². The second-order valence-corrected chi connectivity index (χ2v) is 7.98.